The first-order chi connectivity index (χ1) is 9.97. The number of hydrogen-bond donors (Lipinski definition) is 1. The molecule has 1 saturated carbocycles. The Balaban J connectivity index is 1.97. The average molecular weight is 294 g/mol. The van der Waals surface area contributed by atoms with Gasteiger partial charge >= 0.3 is 0 Å². The topological polar surface area (TPSA) is 32.3 Å². The van der Waals surface area contributed by atoms with Gasteiger partial charge in [-0.2, -0.15) is 0 Å². The highest BCUT2D eigenvalue weighted by atomic mass is 16.2. The molecule has 2 unspecified atom stereocenters. The summed E-state index contributed by atoms with van der Waals surface area (Å²) >= 11 is 0. The average Bonchev–Trinajstić information content (AvgIpc) is 2.47. The van der Waals surface area contributed by atoms with E-state index in [2.05, 4.69) is 24.1 Å². The Morgan fingerprint density at radius 1 is 1.00 bits per heavy atom. The van der Waals surface area contributed by atoms with Crippen LogP contribution in [0.4, 0.5) is 0 Å². The zero-order valence-corrected chi connectivity index (χ0v) is 14.4. The van der Waals surface area contributed by atoms with Gasteiger partial charge in [-0.1, -0.05) is 47.0 Å². The highest BCUT2D eigenvalue weighted by Crippen LogP contribution is 2.26. The van der Waals surface area contributed by atoms with Gasteiger partial charge in [0.2, 0.25) is 5.91 Å². The Labute approximate surface area is 130 Å². The summed E-state index contributed by atoms with van der Waals surface area (Å²) in [5, 5.41) is 3.87. The molecular formula is C18H34N2O. The lowest BCUT2D eigenvalue weighted by molar-refractivity contribution is -0.137. The maximum Gasteiger partial charge on any atom is 0.225 e. The van der Waals surface area contributed by atoms with Crippen molar-refractivity contribution in [3.05, 3.63) is 0 Å². The van der Waals surface area contributed by atoms with Gasteiger partial charge < -0.3 is 10.2 Å². The molecule has 0 aromatic carbocycles. The number of rotatable bonds is 4. The molecular weight excluding hydrogens is 260 g/mol. The Kier molecular flexibility index (Phi) is 6.09. The summed E-state index contributed by atoms with van der Waals surface area (Å²) in [5.41, 5.74) is 0. The van der Waals surface area contributed by atoms with Crippen LogP contribution in [-0.4, -0.2) is 36.0 Å². The first kappa shape index (κ1) is 16.8. The summed E-state index contributed by atoms with van der Waals surface area (Å²) in [7, 11) is 0. The molecule has 2 aliphatic rings. The highest BCUT2D eigenvalue weighted by Gasteiger charge is 2.33. The van der Waals surface area contributed by atoms with Crippen LogP contribution in [-0.2, 0) is 4.79 Å². The largest absolute Gasteiger partial charge is 0.341 e. The summed E-state index contributed by atoms with van der Waals surface area (Å²) in [6.45, 7) is 10.5. The third-order valence-corrected chi connectivity index (χ3v) is 5.31. The van der Waals surface area contributed by atoms with E-state index in [0.29, 0.717) is 29.8 Å². The molecule has 21 heavy (non-hydrogen) atoms. The lowest BCUT2D eigenvalue weighted by Crippen LogP contribution is -2.55. The zero-order valence-electron chi connectivity index (χ0n) is 14.4. The molecule has 1 saturated heterocycles. The molecule has 1 amide bonds. The molecule has 122 valence electrons. The molecule has 1 N–H and O–H groups in total. The van der Waals surface area contributed by atoms with Crippen molar-refractivity contribution in [1.82, 2.24) is 10.2 Å². The fourth-order valence-electron chi connectivity index (χ4n) is 3.89. The van der Waals surface area contributed by atoms with Crippen molar-refractivity contribution in [2.45, 2.75) is 78.3 Å². The summed E-state index contributed by atoms with van der Waals surface area (Å²) in [6, 6.07) is 1.18. The molecule has 2 fully saturated rings. The van der Waals surface area contributed by atoms with Crippen LogP contribution in [0.5, 0.6) is 0 Å². The molecule has 3 heteroatoms. The molecule has 1 aliphatic carbocycles. The predicted octanol–water partition coefficient (Wildman–Crippen LogP) is 3.44. The minimum atomic E-state index is 0.117. The second-order valence-corrected chi connectivity index (χ2v) is 7.84. The smallest absolute Gasteiger partial charge is 0.225 e. The van der Waals surface area contributed by atoms with Crippen LogP contribution in [0.25, 0.3) is 0 Å². The standard InChI is InChI=1S/C18H34N2O/c1-13(2)15-10-17(19-16-8-6-5-7-9-16)12-20(11-15)18(21)14(3)4/h13-17,19H,5-12H2,1-4H3. The molecule has 2 atom stereocenters. The van der Waals surface area contributed by atoms with E-state index in [0.717, 1.165) is 13.1 Å². The molecule has 0 aromatic rings. The molecule has 2 rings (SSSR count). The zero-order chi connectivity index (χ0) is 15.4. The van der Waals surface area contributed by atoms with Crippen LogP contribution >= 0.6 is 0 Å². The van der Waals surface area contributed by atoms with Crippen LogP contribution in [0.15, 0.2) is 0 Å². The summed E-state index contributed by atoms with van der Waals surface area (Å²) in [4.78, 5) is 14.5. The number of carbonyl (C=O) groups is 1. The molecule has 0 bridgehead atoms. The number of hydrogen-bond acceptors (Lipinski definition) is 2. The lowest BCUT2D eigenvalue weighted by Gasteiger charge is -2.42. The summed E-state index contributed by atoms with van der Waals surface area (Å²) in [6.07, 6.45) is 8.01. The van der Waals surface area contributed by atoms with E-state index in [1.54, 1.807) is 0 Å². The quantitative estimate of drug-likeness (QED) is 0.861. The van der Waals surface area contributed by atoms with Gasteiger partial charge in [-0.25, -0.2) is 0 Å². The monoisotopic (exact) mass is 294 g/mol. The van der Waals surface area contributed by atoms with E-state index in [1.807, 2.05) is 13.8 Å². The number of carbonyl (C=O) groups excluding carboxylic acids is 1. The first-order valence-electron chi connectivity index (χ1n) is 9.02. The van der Waals surface area contributed by atoms with Gasteiger partial charge in [-0.15, -0.1) is 0 Å². The SMILES string of the molecule is CC(C)C(=O)N1CC(NC2CCCCC2)CC(C(C)C)C1. The molecule has 0 aromatic heterocycles. The van der Waals surface area contributed by atoms with E-state index >= 15 is 0 Å². The van der Waals surface area contributed by atoms with Gasteiger partial charge in [-0.05, 0) is 31.1 Å². The minimum Gasteiger partial charge on any atom is -0.341 e. The third kappa shape index (κ3) is 4.70. The molecule has 3 nitrogen and oxygen atoms in total. The van der Waals surface area contributed by atoms with Crippen molar-refractivity contribution in [2.24, 2.45) is 17.8 Å². The van der Waals surface area contributed by atoms with Crippen molar-refractivity contribution in [3.63, 3.8) is 0 Å². The highest BCUT2D eigenvalue weighted by molar-refractivity contribution is 5.78. The summed E-state index contributed by atoms with van der Waals surface area (Å²) in [5.74, 6) is 1.74. The van der Waals surface area contributed by atoms with E-state index < -0.39 is 0 Å². The lowest BCUT2D eigenvalue weighted by atomic mass is 9.84. The number of likely N-dealkylation sites (tertiary alicyclic amines) is 1. The molecule has 1 heterocycles. The van der Waals surface area contributed by atoms with Gasteiger partial charge in [0.15, 0.2) is 0 Å². The third-order valence-electron chi connectivity index (χ3n) is 5.31. The second-order valence-electron chi connectivity index (χ2n) is 7.84. The van der Waals surface area contributed by atoms with Gasteiger partial charge in [0.25, 0.3) is 0 Å². The fraction of sp³-hybridized carbons (Fsp3) is 0.944. The van der Waals surface area contributed by atoms with Crippen molar-refractivity contribution < 1.29 is 4.79 Å². The number of amides is 1. The Morgan fingerprint density at radius 3 is 2.24 bits per heavy atom. The van der Waals surface area contributed by atoms with Crippen LogP contribution in [0.1, 0.15) is 66.2 Å². The summed E-state index contributed by atoms with van der Waals surface area (Å²) < 4.78 is 0. The molecule has 0 spiro atoms. The minimum absolute atomic E-state index is 0.117. The second kappa shape index (κ2) is 7.62. The van der Waals surface area contributed by atoms with E-state index in [-0.39, 0.29) is 5.92 Å². The normalized spacial score (nSPS) is 28.4. The molecule has 0 radical (unpaired) electrons. The van der Waals surface area contributed by atoms with Crippen LogP contribution < -0.4 is 5.32 Å². The van der Waals surface area contributed by atoms with Crippen LogP contribution in [0, 0.1) is 17.8 Å². The molecule has 1 aliphatic heterocycles. The fourth-order valence-corrected chi connectivity index (χ4v) is 3.89. The van der Waals surface area contributed by atoms with Gasteiger partial charge in [0.1, 0.15) is 0 Å². The van der Waals surface area contributed by atoms with Crippen molar-refractivity contribution in [3.8, 4) is 0 Å². The number of nitrogens with one attached hydrogen (secondary N) is 1. The Bertz CT molecular complexity index is 334. The predicted molar refractivity (Wildman–Crippen MR) is 88.2 cm³/mol. The number of nitrogens with zero attached hydrogens (tertiary/aromatic N) is 1. The Morgan fingerprint density at radius 2 is 1.67 bits per heavy atom. The maximum atomic E-state index is 12.4. The Hall–Kier alpha value is -0.570. The van der Waals surface area contributed by atoms with Gasteiger partial charge in [0.05, 0.1) is 0 Å². The van der Waals surface area contributed by atoms with Gasteiger partial charge in [-0.3, -0.25) is 4.79 Å². The first-order valence-corrected chi connectivity index (χ1v) is 9.02. The number of piperidine rings is 1. The van der Waals surface area contributed by atoms with Crippen molar-refractivity contribution in [1.29, 1.82) is 0 Å². The van der Waals surface area contributed by atoms with Crippen LogP contribution in [0.2, 0.25) is 0 Å². The van der Waals surface area contributed by atoms with Crippen molar-refractivity contribution in [2.75, 3.05) is 13.1 Å². The maximum absolute atomic E-state index is 12.4. The van der Waals surface area contributed by atoms with E-state index in [4.69, 9.17) is 0 Å². The van der Waals surface area contributed by atoms with Crippen LogP contribution in [0.3, 0.4) is 0 Å². The van der Waals surface area contributed by atoms with Gasteiger partial charge in [0, 0.05) is 31.1 Å². The van der Waals surface area contributed by atoms with E-state index in [1.165, 1.54) is 38.5 Å². The van der Waals surface area contributed by atoms with Crippen molar-refractivity contribution >= 4 is 5.91 Å². The van der Waals surface area contributed by atoms with E-state index in [9.17, 15) is 4.79 Å².